The van der Waals surface area contributed by atoms with Crippen LogP contribution in [0.5, 0.6) is 0 Å². The number of carbonyl (C=O) groups is 1. The number of thiophene rings is 1. The molecule has 0 radical (unpaired) electrons. The first-order chi connectivity index (χ1) is 12.1. The Morgan fingerprint density at radius 1 is 1.52 bits per heavy atom. The van der Waals surface area contributed by atoms with Gasteiger partial charge in [-0.05, 0) is 43.4 Å². The number of carbonyl (C=O) groups excluding carboxylic acids is 1. The van der Waals surface area contributed by atoms with E-state index in [1.807, 2.05) is 27.8 Å². The second kappa shape index (κ2) is 6.90. The molecule has 1 aliphatic heterocycles. The molecule has 1 N–H and O–H groups in total. The van der Waals surface area contributed by atoms with Gasteiger partial charge in [0.05, 0.1) is 6.54 Å². The molecule has 1 amide bonds. The van der Waals surface area contributed by atoms with Crippen molar-refractivity contribution >= 4 is 45.9 Å². The highest BCUT2D eigenvalue weighted by Gasteiger charge is 2.35. The maximum Gasteiger partial charge on any atom is 0.228 e. The highest BCUT2D eigenvalue weighted by molar-refractivity contribution is 7.73. The van der Waals surface area contributed by atoms with Crippen molar-refractivity contribution in [3.8, 4) is 0 Å². The molecule has 2 aliphatic rings. The monoisotopic (exact) mass is 395 g/mol. The van der Waals surface area contributed by atoms with Crippen LogP contribution in [0.4, 0.5) is 5.13 Å². The number of fused-ring (bicyclic) bond motifs is 1. The molecule has 0 saturated heterocycles. The number of aromatic nitrogens is 2. The highest BCUT2D eigenvalue weighted by Crippen LogP contribution is 2.33. The molecule has 4 rings (SSSR count). The fraction of sp³-hybridized carbons (Fsp3) is 0.588. The summed E-state index contributed by atoms with van der Waals surface area (Å²) >= 11 is 8.90. The Morgan fingerprint density at radius 2 is 2.32 bits per heavy atom. The van der Waals surface area contributed by atoms with Crippen LogP contribution in [0, 0.1) is 3.95 Å². The molecule has 8 heteroatoms. The molecule has 2 atom stereocenters. The van der Waals surface area contributed by atoms with E-state index in [9.17, 15) is 4.79 Å². The van der Waals surface area contributed by atoms with E-state index in [1.54, 1.807) is 0 Å². The first-order valence-electron chi connectivity index (χ1n) is 8.89. The van der Waals surface area contributed by atoms with Crippen molar-refractivity contribution < 1.29 is 9.69 Å². The number of hydrogen-bond donors (Lipinski definition) is 1. The molecule has 1 aliphatic carbocycles. The van der Waals surface area contributed by atoms with E-state index in [2.05, 4.69) is 18.4 Å². The fourth-order valence-corrected chi connectivity index (χ4v) is 5.68. The fourth-order valence-electron chi connectivity index (χ4n) is 3.52. The van der Waals surface area contributed by atoms with Gasteiger partial charge in [-0.2, -0.15) is 4.68 Å². The second-order valence-electron chi connectivity index (χ2n) is 6.84. The maximum absolute atomic E-state index is 12.3. The van der Waals surface area contributed by atoms with Crippen molar-refractivity contribution in [2.75, 3.05) is 11.4 Å². The van der Waals surface area contributed by atoms with Crippen LogP contribution in [0.15, 0.2) is 11.4 Å². The van der Waals surface area contributed by atoms with Crippen LogP contribution in [0.1, 0.15) is 49.6 Å². The van der Waals surface area contributed by atoms with Gasteiger partial charge in [0, 0.05) is 29.3 Å². The van der Waals surface area contributed by atoms with Crippen LogP contribution in [0.3, 0.4) is 0 Å². The third-order valence-corrected chi connectivity index (χ3v) is 7.47. The van der Waals surface area contributed by atoms with Gasteiger partial charge < -0.3 is 4.90 Å². The molecule has 2 aromatic heterocycles. The number of hydrogen-bond acceptors (Lipinski definition) is 5. The molecule has 3 heterocycles. The third-order valence-electron chi connectivity index (χ3n) is 5.17. The van der Waals surface area contributed by atoms with Gasteiger partial charge in [0.25, 0.3) is 0 Å². The van der Waals surface area contributed by atoms with E-state index in [4.69, 9.17) is 17.3 Å². The average molecular weight is 396 g/mol. The predicted molar refractivity (Wildman–Crippen MR) is 104 cm³/mol. The van der Waals surface area contributed by atoms with Crippen LogP contribution in [0.2, 0.25) is 0 Å². The van der Waals surface area contributed by atoms with Gasteiger partial charge in [0.2, 0.25) is 11.0 Å². The standard InChI is InChI=1S/C17H22N4OS3/c1-3-15(22)21(12-4-5-12)16-18-20(17(23)25-16)10-19-8-6-14-13(11(19)2)7-9-24-14/h7,9,11-12H,3-6,8,10H2,1-2H3/p+1/t11-/m1/s1. The SMILES string of the molecule is CCC(=O)N(c1nn(C[NH+]2CCc3sccc3[C@H]2C)c(=S)s1)C1CC1. The van der Waals surface area contributed by atoms with Crippen molar-refractivity contribution in [1.82, 2.24) is 9.78 Å². The van der Waals surface area contributed by atoms with Crippen LogP contribution in [0.25, 0.3) is 0 Å². The quantitative estimate of drug-likeness (QED) is 0.792. The van der Waals surface area contributed by atoms with Gasteiger partial charge in [-0.3, -0.25) is 9.69 Å². The summed E-state index contributed by atoms with van der Waals surface area (Å²) in [6.07, 6.45) is 3.79. The summed E-state index contributed by atoms with van der Waals surface area (Å²) in [5.74, 6) is 0.153. The van der Waals surface area contributed by atoms with Crippen molar-refractivity contribution in [3.05, 3.63) is 25.8 Å². The van der Waals surface area contributed by atoms with Crippen molar-refractivity contribution in [2.45, 2.75) is 58.3 Å². The van der Waals surface area contributed by atoms with Gasteiger partial charge in [-0.15, -0.1) is 16.4 Å². The summed E-state index contributed by atoms with van der Waals surface area (Å²) in [5, 5.41) is 7.70. The van der Waals surface area contributed by atoms with Gasteiger partial charge in [0.1, 0.15) is 6.04 Å². The van der Waals surface area contributed by atoms with Gasteiger partial charge in [0.15, 0.2) is 10.6 Å². The second-order valence-corrected chi connectivity index (χ2v) is 9.44. The normalized spacial score (nSPS) is 22.6. The molecule has 2 aromatic rings. The third kappa shape index (κ3) is 3.32. The zero-order chi connectivity index (χ0) is 17.6. The summed E-state index contributed by atoms with van der Waals surface area (Å²) in [5.41, 5.74) is 1.47. The summed E-state index contributed by atoms with van der Waals surface area (Å²) in [6, 6.07) is 3.04. The smallest absolute Gasteiger partial charge is 0.228 e. The van der Waals surface area contributed by atoms with Crippen LogP contribution in [-0.4, -0.2) is 28.3 Å². The highest BCUT2D eigenvalue weighted by atomic mass is 32.1. The Bertz CT molecular complexity index is 835. The lowest BCUT2D eigenvalue weighted by Crippen LogP contribution is -3.12. The van der Waals surface area contributed by atoms with Gasteiger partial charge in [-0.1, -0.05) is 18.3 Å². The Hall–Kier alpha value is -1.09. The first-order valence-corrected chi connectivity index (χ1v) is 11.0. The molecular formula is C17H23N4OS3+. The Balaban J connectivity index is 1.55. The van der Waals surface area contributed by atoms with E-state index in [0.717, 1.165) is 41.6 Å². The Kier molecular flexibility index (Phi) is 4.79. The molecule has 0 bridgehead atoms. The van der Waals surface area contributed by atoms with Crippen molar-refractivity contribution in [3.63, 3.8) is 0 Å². The van der Waals surface area contributed by atoms with E-state index in [1.165, 1.54) is 26.7 Å². The van der Waals surface area contributed by atoms with Crippen LogP contribution < -0.4 is 9.80 Å². The zero-order valence-electron chi connectivity index (χ0n) is 14.5. The first kappa shape index (κ1) is 17.3. The minimum Gasteiger partial charge on any atom is -0.310 e. The number of nitrogens with zero attached hydrogens (tertiary/aromatic N) is 3. The van der Waals surface area contributed by atoms with Crippen LogP contribution in [-0.2, 0) is 17.9 Å². The van der Waals surface area contributed by atoms with Crippen molar-refractivity contribution in [2.24, 2.45) is 0 Å². The number of rotatable bonds is 5. The lowest BCUT2D eigenvalue weighted by molar-refractivity contribution is -0.954. The number of amides is 1. The maximum atomic E-state index is 12.3. The van der Waals surface area contributed by atoms with Crippen LogP contribution >= 0.6 is 34.9 Å². The van der Waals surface area contributed by atoms with Gasteiger partial charge >= 0.3 is 0 Å². The Morgan fingerprint density at radius 3 is 3.04 bits per heavy atom. The Labute approximate surface area is 160 Å². The molecule has 1 unspecified atom stereocenters. The molecule has 134 valence electrons. The largest absolute Gasteiger partial charge is 0.310 e. The summed E-state index contributed by atoms with van der Waals surface area (Å²) < 4.78 is 2.69. The zero-order valence-corrected chi connectivity index (χ0v) is 17.0. The molecule has 5 nitrogen and oxygen atoms in total. The number of nitrogens with one attached hydrogen (secondary N) is 1. The summed E-state index contributed by atoms with van der Waals surface area (Å²) in [4.78, 5) is 17.2. The molecule has 1 fully saturated rings. The molecule has 0 aromatic carbocycles. The van der Waals surface area contributed by atoms with E-state index >= 15 is 0 Å². The van der Waals surface area contributed by atoms with E-state index in [0.29, 0.717) is 18.5 Å². The lowest BCUT2D eigenvalue weighted by atomic mass is 10.0. The summed E-state index contributed by atoms with van der Waals surface area (Å²) in [6.45, 7) is 6.06. The topological polar surface area (TPSA) is 42.6 Å². The number of quaternary nitrogens is 1. The average Bonchev–Trinajstić information content (AvgIpc) is 3.19. The van der Waals surface area contributed by atoms with E-state index < -0.39 is 0 Å². The molecule has 1 saturated carbocycles. The van der Waals surface area contributed by atoms with Gasteiger partial charge in [-0.25, -0.2) is 0 Å². The molecule has 25 heavy (non-hydrogen) atoms. The predicted octanol–water partition coefficient (Wildman–Crippen LogP) is 2.80. The lowest BCUT2D eigenvalue weighted by Gasteiger charge is -2.30. The molecular weight excluding hydrogens is 372 g/mol. The van der Waals surface area contributed by atoms with Crippen molar-refractivity contribution in [1.29, 1.82) is 0 Å². The molecule has 0 spiro atoms. The van der Waals surface area contributed by atoms with E-state index in [-0.39, 0.29) is 5.91 Å². The number of anilines is 1. The minimum atomic E-state index is 0.153. The summed E-state index contributed by atoms with van der Waals surface area (Å²) in [7, 11) is 0. The minimum absolute atomic E-state index is 0.153.